The smallest absolute Gasteiger partial charge is 0.241 e. The Morgan fingerprint density at radius 2 is 1.59 bits per heavy atom. The summed E-state index contributed by atoms with van der Waals surface area (Å²) in [6.07, 6.45) is 0. The van der Waals surface area contributed by atoms with Crippen molar-refractivity contribution in [1.82, 2.24) is 5.32 Å². The fourth-order valence-electron chi connectivity index (χ4n) is 2.15. The molecule has 0 heterocycles. The zero-order valence-corrected chi connectivity index (χ0v) is 13.9. The predicted molar refractivity (Wildman–Crippen MR) is 91.1 cm³/mol. The van der Waals surface area contributed by atoms with Gasteiger partial charge in [0.05, 0.1) is 6.04 Å². The van der Waals surface area contributed by atoms with E-state index in [0.717, 1.165) is 5.56 Å². The lowest BCUT2D eigenvalue weighted by atomic mass is 10.0. The molecule has 0 bridgehead atoms. The number of rotatable bonds is 4. The minimum atomic E-state index is -0.816. The minimum Gasteiger partial charge on any atom is -0.348 e. The summed E-state index contributed by atoms with van der Waals surface area (Å²) >= 11 is 11.9. The molecule has 3 nitrogen and oxygen atoms in total. The molecule has 2 rings (SSSR count). The van der Waals surface area contributed by atoms with Gasteiger partial charge in [-0.15, -0.1) is 0 Å². The van der Waals surface area contributed by atoms with Crippen LogP contribution in [-0.4, -0.2) is 5.91 Å². The largest absolute Gasteiger partial charge is 0.348 e. The maximum Gasteiger partial charge on any atom is 0.241 e. The van der Waals surface area contributed by atoms with Crippen molar-refractivity contribution in [3.05, 3.63) is 69.2 Å². The highest BCUT2D eigenvalue weighted by Crippen LogP contribution is 2.23. The second-order valence-corrected chi connectivity index (χ2v) is 6.19. The first-order valence-electron chi connectivity index (χ1n) is 6.95. The third-order valence-electron chi connectivity index (χ3n) is 3.46. The van der Waals surface area contributed by atoms with Gasteiger partial charge in [-0.1, -0.05) is 53.0 Å². The van der Waals surface area contributed by atoms with Crippen LogP contribution in [0.1, 0.15) is 35.7 Å². The number of nitrogens with two attached hydrogens (primary N) is 1. The molecule has 5 heteroatoms. The third-order valence-corrected chi connectivity index (χ3v) is 3.90. The fraction of sp³-hybridized carbons (Fsp3) is 0.235. The van der Waals surface area contributed by atoms with Crippen LogP contribution in [0.4, 0.5) is 0 Å². The van der Waals surface area contributed by atoms with E-state index in [1.165, 1.54) is 5.56 Å². The van der Waals surface area contributed by atoms with E-state index in [-0.39, 0.29) is 11.9 Å². The number of carbonyl (C=O) groups is 1. The van der Waals surface area contributed by atoms with Crippen molar-refractivity contribution in [2.45, 2.75) is 25.9 Å². The van der Waals surface area contributed by atoms with Crippen LogP contribution in [0.5, 0.6) is 0 Å². The topological polar surface area (TPSA) is 55.1 Å². The average molecular weight is 337 g/mol. The van der Waals surface area contributed by atoms with Gasteiger partial charge in [0.1, 0.15) is 6.04 Å². The van der Waals surface area contributed by atoms with Gasteiger partial charge in [0.15, 0.2) is 0 Å². The van der Waals surface area contributed by atoms with Gasteiger partial charge in [0.2, 0.25) is 5.91 Å². The molecule has 0 saturated carbocycles. The lowest BCUT2D eigenvalue weighted by molar-refractivity contribution is -0.123. The van der Waals surface area contributed by atoms with Crippen molar-refractivity contribution in [3.8, 4) is 0 Å². The van der Waals surface area contributed by atoms with E-state index in [2.05, 4.69) is 5.32 Å². The summed E-state index contributed by atoms with van der Waals surface area (Å²) in [4.78, 5) is 12.3. The molecular weight excluding hydrogens is 319 g/mol. The lowest BCUT2D eigenvalue weighted by Gasteiger charge is -2.18. The Morgan fingerprint density at radius 1 is 1.05 bits per heavy atom. The molecule has 0 radical (unpaired) electrons. The molecule has 1 amide bonds. The van der Waals surface area contributed by atoms with E-state index in [4.69, 9.17) is 28.9 Å². The Morgan fingerprint density at radius 3 is 2.14 bits per heavy atom. The summed E-state index contributed by atoms with van der Waals surface area (Å²) in [6, 6.07) is 11.9. The Kier molecular flexibility index (Phi) is 5.46. The van der Waals surface area contributed by atoms with Crippen LogP contribution >= 0.6 is 23.2 Å². The number of hydrogen-bond donors (Lipinski definition) is 2. The van der Waals surface area contributed by atoms with Gasteiger partial charge >= 0.3 is 0 Å². The molecule has 3 N–H and O–H groups in total. The highest BCUT2D eigenvalue weighted by atomic mass is 35.5. The SMILES string of the molecule is Cc1ccc(C(C)NC(=O)C(N)c2cc(Cl)cc(Cl)c2)cc1. The maximum atomic E-state index is 12.3. The van der Waals surface area contributed by atoms with E-state index >= 15 is 0 Å². The van der Waals surface area contributed by atoms with Crippen LogP contribution in [0, 0.1) is 6.92 Å². The van der Waals surface area contributed by atoms with Crippen molar-refractivity contribution in [2.24, 2.45) is 5.73 Å². The van der Waals surface area contributed by atoms with Gasteiger partial charge in [-0.25, -0.2) is 0 Å². The summed E-state index contributed by atoms with van der Waals surface area (Å²) < 4.78 is 0. The van der Waals surface area contributed by atoms with Gasteiger partial charge in [-0.05, 0) is 43.2 Å². The standard InChI is InChI=1S/C17H18Cl2N2O/c1-10-3-5-12(6-4-10)11(2)21-17(22)16(20)13-7-14(18)9-15(19)8-13/h3-9,11,16H,20H2,1-2H3,(H,21,22). The van der Waals surface area contributed by atoms with Crippen LogP contribution in [0.3, 0.4) is 0 Å². The molecule has 0 aliphatic rings. The molecule has 0 spiro atoms. The number of aryl methyl sites for hydroxylation is 1. The number of amides is 1. The maximum absolute atomic E-state index is 12.3. The molecule has 2 atom stereocenters. The van der Waals surface area contributed by atoms with E-state index < -0.39 is 6.04 Å². The third kappa shape index (κ3) is 4.23. The monoisotopic (exact) mass is 336 g/mol. The van der Waals surface area contributed by atoms with Crippen LogP contribution < -0.4 is 11.1 Å². The first-order valence-corrected chi connectivity index (χ1v) is 7.71. The predicted octanol–water partition coefficient (Wildman–Crippen LogP) is 4.18. The molecule has 0 saturated heterocycles. The van der Waals surface area contributed by atoms with Gasteiger partial charge in [0.25, 0.3) is 0 Å². The van der Waals surface area contributed by atoms with Crippen molar-refractivity contribution in [3.63, 3.8) is 0 Å². The summed E-state index contributed by atoms with van der Waals surface area (Å²) in [7, 11) is 0. The molecule has 2 aromatic rings. The van der Waals surface area contributed by atoms with E-state index in [1.54, 1.807) is 18.2 Å². The second-order valence-electron chi connectivity index (χ2n) is 5.32. The lowest BCUT2D eigenvalue weighted by Crippen LogP contribution is -2.35. The number of benzene rings is 2. The number of halogens is 2. The number of nitrogens with one attached hydrogen (secondary N) is 1. The molecule has 0 aromatic heterocycles. The fourth-order valence-corrected chi connectivity index (χ4v) is 2.69. The minimum absolute atomic E-state index is 0.131. The summed E-state index contributed by atoms with van der Waals surface area (Å²) in [6.45, 7) is 3.94. The summed E-state index contributed by atoms with van der Waals surface area (Å²) in [5, 5.41) is 3.81. The zero-order chi connectivity index (χ0) is 16.3. The molecular formula is C17H18Cl2N2O. The van der Waals surface area contributed by atoms with Crippen LogP contribution in [0.15, 0.2) is 42.5 Å². The van der Waals surface area contributed by atoms with E-state index in [9.17, 15) is 4.79 Å². The molecule has 0 aliphatic carbocycles. The Hall–Kier alpha value is -1.55. The summed E-state index contributed by atoms with van der Waals surface area (Å²) in [5.74, 6) is -0.272. The van der Waals surface area contributed by atoms with Crippen molar-refractivity contribution < 1.29 is 4.79 Å². The van der Waals surface area contributed by atoms with Crippen LogP contribution in [0.25, 0.3) is 0 Å². The van der Waals surface area contributed by atoms with Crippen LogP contribution in [0.2, 0.25) is 10.0 Å². The molecule has 0 aliphatic heterocycles. The molecule has 0 fully saturated rings. The highest BCUT2D eigenvalue weighted by Gasteiger charge is 2.19. The Labute approximate surface area is 140 Å². The normalized spacial score (nSPS) is 13.5. The Bertz CT molecular complexity index is 651. The van der Waals surface area contributed by atoms with Crippen molar-refractivity contribution in [2.75, 3.05) is 0 Å². The molecule has 2 aromatic carbocycles. The van der Waals surface area contributed by atoms with Gasteiger partial charge in [-0.3, -0.25) is 4.79 Å². The quantitative estimate of drug-likeness (QED) is 0.879. The average Bonchev–Trinajstić information content (AvgIpc) is 2.46. The van der Waals surface area contributed by atoms with Gasteiger partial charge in [-0.2, -0.15) is 0 Å². The zero-order valence-electron chi connectivity index (χ0n) is 12.4. The summed E-state index contributed by atoms with van der Waals surface area (Å²) in [5.41, 5.74) is 8.78. The number of carbonyl (C=O) groups excluding carboxylic acids is 1. The molecule has 2 unspecified atom stereocenters. The first-order chi connectivity index (χ1) is 10.4. The van der Waals surface area contributed by atoms with E-state index in [1.807, 2.05) is 38.1 Å². The number of hydrogen-bond acceptors (Lipinski definition) is 2. The van der Waals surface area contributed by atoms with Crippen LogP contribution in [-0.2, 0) is 4.79 Å². The van der Waals surface area contributed by atoms with Crippen molar-refractivity contribution >= 4 is 29.1 Å². The first kappa shape index (κ1) is 16.8. The van der Waals surface area contributed by atoms with Gasteiger partial charge < -0.3 is 11.1 Å². The Balaban J connectivity index is 2.09. The highest BCUT2D eigenvalue weighted by molar-refractivity contribution is 6.34. The molecule has 116 valence electrons. The second kappa shape index (κ2) is 7.14. The van der Waals surface area contributed by atoms with Gasteiger partial charge in [0, 0.05) is 10.0 Å². The van der Waals surface area contributed by atoms with Crippen molar-refractivity contribution in [1.29, 1.82) is 0 Å². The van der Waals surface area contributed by atoms with E-state index in [0.29, 0.717) is 15.6 Å². The molecule has 22 heavy (non-hydrogen) atoms.